The zero-order chi connectivity index (χ0) is 17.7. The molecule has 0 aromatic heterocycles. The Labute approximate surface area is 134 Å². The van der Waals surface area contributed by atoms with Crippen molar-refractivity contribution in [2.24, 2.45) is 0 Å². The highest BCUT2D eigenvalue weighted by Crippen LogP contribution is 2.52. The first kappa shape index (κ1) is 16.6. The van der Waals surface area contributed by atoms with E-state index in [9.17, 15) is 27.6 Å². The minimum atomic E-state index is -4.59. The Morgan fingerprint density at radius 3 is 2.08 bits per heavy atom. The summed E-state index contributed by atoms with van der Waals surface area (Å²) in [7, 11) is 0. The fourth-order valence-electron chi connectivity index (χ4n) is 2.60. The fraction of sp³-hybridized carbons (Fsp3) is 0.438. The molecule has 1 saturated carbocycles. The van der Waals surface area contributed by atoms with Crippen molar-refractivity contribution in [2.75, 3.05) is 0 Å². The van der Waals surface area contributed by atoms with Crippen LogP contribution in [0.25, 0.3) is 0 Å². The molecule has 0 aliphatic heterocycles. The lowest BCUT2D eigenvalue weighted by atomic mass is 10.1. The van der Waals surface area contributed by atoms with Crippen LogP contribution in [0.2, 0.25) is 0 Å². The molecule has 0 radical (unpaired) electrons. The lowest BCUT2D eigenvalue weighted by molar-refractivity contribution is -0.248. The van der Waals surface area contributed by atoms with Crippen molar-refractivity contribution >= 4 is 17.5 Å². The molecular weight excluding hydrogens is 329 g/mol. The predicted octanol–water partition coefficient (Wildman–Crippen LogP) is 2.48. The quantitative estimate of drug-likeness (QED) is 0.621. The monoisotopic (exact) mass is 342 g/mol. The number of hydrogen-bond donors (Lipinski definition) is 0. The van der Waals surface area contributed by atoms with Crippen LogP contribution in [0, 0.1) is 0 Å². The summed E-state index contributed by atoms with van der Waals surface area (Å²) in [6.45, 7) is 1.10. The van der Waals surface area contributed by atoms with Gasteiger partial charge in [0.15, 0.2) is 11.7 Å². The molecule has 5 nitrogen and oxygen atoms in total. The number of esters is 1. The molecule has 128 valence electrons. The normalized spacial score (nSPS) is 20.7. The number of halogens is 3. The van der Waals surface area contributed by atoms with Crippen LogP contribution in [0.5, 0.6) is 0 Å². The Bertz CT molecular complexity index is 686. The van der Waals surface area contributed by atoms with Crippen LogP contribution in [0.4, 0.5) is 13.2 Å². The maximum absolute atomic E-state index is 12.8. The zero-order valence-electron chi connectivity index (χ0n) is 12.6. The predicted molar refractivity (Wildman–Crippen MR) is 73.6 cm³/mol. The minimum Gasteiger partial charge on any atom is -0.443 e. The summed E-state index contributed by atoms with van der Waals surface area (Å²) in [5.41, 5.74) is -2.08. The van der Waals surface area contributed by atoms with Crippen molar-refractivity contribution in [1.29, 1.82) is 0 Å². The number of Topliss-reactive ketones (excluding diaryl/α,β-unsaturated/α-hetero) is 2. The van der Waals surface area contributed by atoms with Gasteiger partial charge >= 0.3 is 12.1 Å². The van der Waals surface area contributed by atoms with E-state index in [0.29, 0.717) is 0 Å². The summed E-state index contributed by atoms with van der Waals surface area (Å²) in [6.07, 6.45) is -8.27. The molecule has 3 rings (SSSR count). The van der Waals surface area contributed by atoms with E-state index in [1.807, 2.05) is 0 Å². The maximum Gasteiger partial charge on any atom is 0.417 e. The van der Waals surface area contributed by atoms with Gasteiger partial charge in [-0.1, -0.05) is 24.3 Å². The van der Waals surface area contributed by atoms with Gasteiger partial charge in [-0.05, 0) is 19.8 Å². The van der Waals surface area contributed by atoms with Gasteiger partial charge in [-0.25, -0.2) is 4.79 Å². The van der Waals surface area contributed by atoms with Gasteiger partial charge in [-0.3, -0.25) is 9.59 Å². The van der Waals surface area contributed by atoms with Gasteiger partial charge < -0.3 is 9.47 Å². The third-order valence-corrected chi connectivity index (χ3v) is 4.12. The van der Waals surface area contributed by atoms with E-state index in [1.54, 1.807) is 12.1 Å². The largest absolute Gasteiger partial charge is 0.443 e. The summed E-state index contributed by atoms with van der Waals surface area (Å²) in [4.78, 5) is 36.2. The van der Waals surface area contributed by atoms with Crippen LogP contribution in [0.1, 0.15) is 40.5 Å². The number of fused-ring (bicyclic) bond motifs is 1. The van der Waals surface area contributed by atoms with Crippen LogP contribution >= 0.6 is 0 Å². The molecule has 0 bridgehead atoms. The number of benzene rings is 1. The number of ether oxygens (including phenoxy) is 2. The second-order valence-electron chi connectivity index (χ2n) is 5.84. The Morgan fingerprint density at radius 2 is 1.67 bits per heavy atom. The van der Waals surface area contributed by atoms with Gasteiger partial charge in [0.2, 0.25) is 17.7 Å². The smallest absolute Gasteiger partial charge is 0.417 e. The van der Waals surface area contributed by atoms with Crippen molar-refractivity contribution in [3.8, 4) is 0 Å². The van der Waals surface area contributed by atoms with Crippen LogP contribution < -0.4 is 0 Å². The molecule has 0 N–H and O–H groups in total. The van der Waals surface area contributed by atoms with Crippen molar-refractivity contribution in [3.63, 3.8) is 0 Å². The maximum atomic E-state index is 12.8. The second-order valence-corrected chi connectivity index (χ2v) is 5.84. The third-order valence-electron chi connectivity index (χ3n) is 4.12. The van der Waals surface area contributed by atoms with E-state index < -0.39 is 41.5 Å². The number of hydrogen-bond acceptors (Lipinski definition) is 5. The highest BCUT2D eigenvalue weighted by atomic mass is 19.4. The van der Waals surface area contributed by atoms with Gasteiger partial charge in [-0.15, -0.1) is 0 Å². The van der Waals surface area contributed by atoms with E-state index in [1.165, 1.54) is 12.1 Å². The first-order chi connectivity index (χ1) is 11.2. The Hall–Kier alpha value is -2.22. The highest BCUT2D eigenvalue weighted by molar-refractivity contribution is 6.29. The van der Waals surface area contributed by atoms with Crippen LogP contribution in [-0.4, -0.2) is 41.5 Å². The van der Waals surface area contributed by atoms with Crippen LogP contribution in [0.3, 0.4) is 0 Å². The lowest BCUT2D eigenvalue weighted by Gasteiger charge is -2.23. The first-order valence-corrected chi connectivity index (χ1v) is 7.29. The zero-order valence-corrected chi connectivity index (χ0v) is 12.6. The molecule has 1 aromatic carbocycles. The van der Waals surface area contributed by atoms with E-state index in [4.69, 9.17) is 9.47 Å². The van der Waals surface area contributed by atoms with Gasteiger partial charge in [-0.2, -0.15) is 13.2 Å². The molecule has 24 heavy (non-hydrogen) atoms. The molecule has 8 heteroatoms. The number of carbonyl (C=O) groups is 3. The fourth-order valence-corrected chi connectivity index (χ4v) is 2.60. The van der Waals surface area contributed by atoms with Crippen LogP contribution in [-0.2, 0) is 14.3 Å². The molecule has 1 aromatic rings. The average Bonchev–Trinajstić information content (AvgIpc) is 3.27. The molecular formula is C16H13F3O5. The molecule has 0 spiro atoms. The molecule has 1 fully saturated rings. The standard InChI is InChI=1S/C16H13F3O5/c1-8(24-15(6-7-15)16(17,18)19)14(22)23-13-11(20)9-4-2-3-5-10(9)12(13)21/h2-5,8,13H,6-7H2,1H3. The van der Waals surface area contributed by atoms with Crippen molar-refractivity contribution < 1.29 is 37.0 Å². The van der Waals surface area contributed by atoms with Gasteiger partial charge in [0.1, 0.15) is 0 Å². The Balaban J connectivity index is 1.68. The molecule has 1 unspecified atom stereocenters. The van der Waals surface area contributed by atoms with Crippen molar-refractivity contribution in [2.45, 2.75) is 43.8 Å². The molecule has 0 amide bonds. The molecule has 0 saturated heterocycles. The van der Waals surface area contributed by atoms with Crippen LogP contribution in [0.15, 0.2) is 24.3 Å². The van der Waals surface area contributed by atoms with Crippen molar-refractivity contribution in [1.82, 2.24) is 0 Å². The van der Waals surface area contributed by atoms with Crippen molar-refractivity contribution in [3.05, 3.63) is 35.4 Å². The number of rotatable bonds is 4. The summed E-state index contributed by atoms with van der Waals surface area (Å²) in [6, 6.07) is 5.96. The average molecular weight is 342 g/mol. The van der Waals surface area contributed by atoms with E-state index >= 15 is 0 Å². The van der Waals surface area contributed by atoms with E-state index in [0.717, 1.165) is 6.92 Å². The Morgan fingerprint density at radius 1 is 1.17 bits per heavy atom. The summed E-state index contributed by atoms with van der Waals surface area (Å²) < 4.78 is 48.2. The summed E-state index contributed by atoms with van der Waals surface area (Å²) >= 11 is 0. The Kier molecular flexibility index (Phi) is 3.75. The molecule has 0 heterocycles. The summed E-state index contributed by atoms with van der Waals surface area (Å²) in [5, 5.41) is 0. The number of ketones is 2. The summed E-state index contributed by atoms with van der Waals surface area (Å²) in [5.74, 6) is -2.55. The third kappa shape index (κ3) is 2.60. The molecule has 2 aliphatic carbocycles. The van der Waals surface area contributed by atoms with E-state index in [-0.39, 0.29) is 24.0 Å². The second kappa shape index (κ2) is 5.41. The topological polar surface area (TPSA) is 69.7 Å². The van der Waals surface area contributed by atoms with E-state index in [2.05, 4.69) is 0 Å². The van der Waals surface area contributed by atoms with Gasteiger partial charge in [0, 0.05) is 11.1 Å². The first-order valence-electron chi connectivity index (χ1n) is 7.29. The minimum absolute atomic E-state index is 0.128. The number of carbonyl (C=O) groups excluding carboxylic acids is 3. The SMILES string of the molecule is CC(OC1(C(F)(F)F)CC1)C(=O)OC1C(=O)c2ccccc2C1=O. The molecule has 2 aliphatic rings. The lowest BCUT2D eigenvalue weighted by Crippen LogP contribution is -2.41. The van der Waals surface area contributed by atoms with Gasteiger partial charge in [0.05, 0.1) is 0 Å². The molecule has 1 atom stereocenters. The van der Waals surface area contributed by atoms with Gasteiger partial charge in [0.25, 0.3) is 0 Å². The number of alkyl halides is 3. The highest BCUT2D eigenvalue weighted by Gasteiger charge is 2.66.